The van der Waals surface area contributed by atoms with Crippen LogP contribution in [0.15, 0.2) is 12.1 Å². The van der Waals surface area contributed by atoms with Gasteiger partial charge >= 0.3 is 5.97 Å². The van der Waals surface area contributed by atoms with Gasteiger partial charge in [-0.1, -0.05) is 6.07 Å². The summed E-state index contributed by atoms with van der Waals surface area (Å²) in [6.07, 6.45) is 2.55. The number of ether oxygens (including phenoxy) is 1. The monoisotopic (exact) mass is 287 g/mol. The standard InChI is InChI=1S/C18H25NO2/c1-7-21-16(20)9-15-17-13(4)11(2)8-12(3)14(17)10-18(5,6)19-15/h8-9,19H,7,10H2,1-6H3/b15-9-. The second-order valence-electron chi connectivity index (χ2n) is 6.48. The average molecular weight is 287 g/mol. The molecule has 21 heavy (non-hydrogen) atoms. The molecule has 0 bridgehead atoms. The van der Waals surface area contributed by atoms with Gasteiger partial charge in [0.25, 0.3) is 0 Å². The zero-order chi connectivity index (χ0) is 15.8. The summed E-state index contributed by atoms with van der Waals surface area (Å²) < 4.78 is 5.07. The Morgan fingerprint density at radius 2 is 2.00 bits per heavy atom. The summed E-state index contributed by atoms with van der Waals surface area (Å²) in [6, 6.07) is 2.23. The minimum atomic E-state index is -0.290. The molecule has 0 radical (unpaired) electrons. The molecule has 1 aliphatic heterocycles. The number of nitrogens with one attached hydrogen (secondary N) is 1. The number of carbonyl (C=O) groups is 1. The Kier molecular flexibility index (Phi) is 4.13. The second kappa shape index (κ2) is 5.55. The Morgan fingerprint density at radius 1 is 1.33 bits per heavy atom. The molecule has 3 nitrogen and oxygen atoms in total. The molecule has 1 N–H and O–H groups in total. The van der Waals surface area contributed by atoms with E-state index in [1.54, 1.807) is 6.08 Å². The molecule has 0 unspecified atom stereocenters. The van der Waals surface area contributed by atoms with E-state index in [0.717, 1.165) is 12.1 Å². The van der Waals surface area contributed by atoms with Crippen LogP contribution in [-0.4, -0.2) is 18.1 Å². The highest BCUT2D eigenvalue weighted by Crippen LogP contribution is 2.35. The summed E-state index contributed by atoms with van der Waals surface area (Å²) in [7, 11) is 0. The number of carbonyl (C=O) groups excluding carboxylic acids is 1. The molecule has 0 aromatic heterocycles. The SMILES string of the molecule is CCOC(=O)/C=C1\NC(C)(C)Cc2c(C)cc(C)c(C)c21. The van der Waals surface area contributed by atoms with Crippen molar-refractivity contribution in [3.05, 3.63) is 40.0 Å². The van der Waals surface area contributed by atoms with Crippen LogP contribution in [0.5, 0.6) is 0 Å². The number of esters is 1. The lowest BCUT2D eigenvalue weighted by Gasteiger charge is -2.37. The van der Waals surface area contributed by atoms with Crippen LogP contribution in [0.25, 0.3) is 5.70 Å². The van der Waals surface area contributed by atoms with Gasteiger partial charge in [-0.25, -0.2) is 4.79 Å². The highest BCUT2D eigenvalue weighted by molar-refractivity contribution is 5.92. The normalized spacial score (nSPS) is 18.1. The predicted octanol–water partition coefficient (Wildman–Crippen LogP) is 3.44. The van der Waals surface area contributed by atoms with Crippen LogP contribution in [0.1, 0.15) is 48.6 Å². The van der Waals surface area contributed by atoms with E-state index in [0.29, 0.717) is 6.61 Å². The summed E-state index contributed by atoms with van der Waals surface area (Å²) in [4.78, 5) is 11.9. The molecule has 2 rings (SSSR count). The molecule has 0 saturated carbocycles. The Labute approximate surface area is 127 Å². The average Bonchev–Trinajstić information content (AvgIpc) is 2.34. The number of benzene rings is 1. The van der Waals surface area contributed by atoms with Crippen molar-refractivity contribution in [2.24, 2.45) is 0 Å². The van der Waals surface area contributed by atoms with Gasteiger partial charge in [0.15, 0.2) is 0 Å². The van der Waals surface area contributed by atoms with E-state index in [2.05, 4.69) is 46.0 Å². The molecule has 1 aromatic rings. The van der Waals surface area contributed by atoms with Crippen LogP contribution >= 0.6 is 0 Å². The van der Waals surface area contributed by atoms with Crippen LogP contribution in [-0.2, 0) is 16.0 Å². The third-order valence-electron chi connectivity index (χ3n) is 4.09. The highest BCUT2D eigenvalue weighted by Gasteiger charge is 2.30. The fourth-order valence-corrected chi connectivity index (χ4v) is 3.06. The van der Waals surface area contributed by atoms with Crippen molar-refractivity contribution in [3.8, 4) is 0 Å². The molecule has 0 atom stereocenters. The molecule has 0 saturated heterocycles. The molecule has 1 aromatic carbocycles. The van der Waals surface area contributed by atoms with Crippen LogP contribution in [0.2, 0.25) is 0 Å². The minimum absolute atomic E-state index is 0.0716. The van der Waals surface area contributed by atoms with Gasteiger partial charge < -0.3 is 10.1 Å². The molecule has 1 aliphatic rings. The van der Waals surface area contributed by atoms with E-state index in [9.17, 15) is 4.79 Å². The lowest BCUT2D eigenvalue weighted by Crippen LogP contribution is -2.44. The quantitative estimate of drug-likeness (QED) is 0.669. The summed E-state index contributed by atoms with van der Waals surface area (Å²) in [5.74, 6) is -0.290. The molecular formula is C18H25NO2. The van der Waals surface area contributed by atoms with Crippen LogP contribution in [0, 0.1) is 20.8 Å². The predicted molar refractivity (Wildman–Crippen MR) is 86.2 cm³/mol. The lowest BCUT2D eigenvalue weighted by molar-refractivity contribution is -0.137. The van der Waals surface area contributed by atoms with Gasteiger partial charge in [-0.2, -0.15) is 0 Å². The molecule has 3 heteroatoms. The molecule has 1 heterocycles. The van der Waals surface area contributed by atoms with Crippen molar-refractivity contribution in [2.45, 2.75) is 53.5 Å². The first-order valence-electron chi connectivity index (χ1n) is 7.52. The maximum atomic E-state index is 11.9. The van der Waals surface area contributed by atoms with Crippen molar-refractivity contribution in [2.75, 3.05) is 6.61 Å². The second-order valence-corrected chi connectivity index (χ2v) is 6.48. The van der Waals surface area contributed by atoms with E-state index in [1.807, 2.05) is 6.92 Å². The number of fused-ring (bicyclic) bond motifs is 1. The van der Waals surface area contributed by atoms with E-state index in [-0.39, 0.29) is 11.5 Å². The van der Waals surface area contributed by atoms with E-state index in [4.69, 9.17) is 4.74 Å². The van der Waals surface area contributed by atoms with Crippen molar-refractivity contribution in [1.82, 2.24) is 5.32 Å². The van der Waals surface area contributed by atoms with Gasteiger partial charge in [-0.15, -0.1) is 0 Å². The fourth-order valence-electron chi connectivity index (χ4n) is 3.06. The first-order chi connectivity index (χ1) is 9.75. The van der Waals surface area contributed by atoms with Gasteiger partial charge in [-0.05, 0) is 70.2 Å². The number of aryl methyl sites for hydroxylation is 2. The summed E-state index contributed by atoms with van der Waals surface area (Å²) >= 11 is 0. The van der Waals surface area contributed by atoms with Gasteiger partial charge in [-0.3, -0.25) is 0 Å². The number of hydrogen-bond acceptors (Lipinski definition) is 3. The molecule has 0 fully saturated rings. The fraction of sp³-hybridized carbons (Fsp3) is 0.500. The van der Waals surface area contributed by atoms with Gasteiger partial charge in [0.1, 0.15) is 0 Å². The zero-order valence-electron chi connectivity index (χ0n) is 13.9. The topological polar surface area (TPSA) is 38.3 Å². The van der Waals surface area contributed by atoms with Crippen molar-refractivity contribution >= 4 is 11.7 Å². The molecule has 0 spiro atoms. The Hall–Kier alpha value is -1.77. The molecular weight excluding hydrogens is 262 g/mol. The number of rotatable bonds is 2. The van der Waals surface area contributed by atoms with Crippen molar-refractivity contribution in [1.29, 1.82) is 0 Å². The van der Waals surface area contributed by atoms with Crippen molar-refractivity contribution in [3.63, 3.8) is 0 Å². The summed E-state index contributed by atoms with van der Waals surface area (Å²) in [5, 5.41) is 3.49. The largest absolute Gasteiger partial charge is 0.463 e. The summed E-state index contributed by atoms with van der Waals surface area (Å²) in [6.45, 7) is 12.9. The van der Waals surface area contributed by atoms with Crippen molar-refractivity contribution < 1.29 is 9.53 Å². The molecule has 114 valence electrons. The molecule has 0 aliphatic carbocycles. The first-order valence-corrected chi connectivity index (χ1v) is 7.52. The Bertz CT molecular complexity index is 612. The summed E-state index contributed by atoms with van der Waals surface area (Å²) in [5.41, 5.74) is 7.08. The van der Waals surface area contributed by atoms with Crippen LogP contribution < -0.4 is 5.32 Å². The van der Waals surface area contributed by atoms with Crippen LogP contribution in [0.4, 0.5) is 0 Å². The lowest BCUT2D eigenvalue weighted by atomic mass is 9.80. The Balaban J connectivity index is 2.62. The maximum absolute atomic E-state index is 11.9. The molecule has 0 amide bonds. The van der Waals surface area contributed by atoms with Gasteiger partial charge in [0.2, 0.25) is 0 Å². The highest BCUT2D eigenvalue weighted by atomic mass is 16.5. The minimum Gasteiger partial charge on any atom is -0.463 e. The van der Waals surface area contributed by atoms with Crippen LogP contribution in [0.3, 0.4) is 0 Å². The third kappa shape index (κ3) is 3.12. The third-order valence-corrected chi connectivity index (χ3v) is 4.09. The maximum Gasteiger partial charge on any atom is 0.332 e. The number of hydrogen-bond donors (Lipinski definition) is 1. The van der Waals surface area contributed by atoms with Gasteiger partial charge in [0, 0.05) is 22.9 Å². The smallest absolute Gasteiger partial charge is 0.332 e. The zero-order valence-corrected chi connectivity index (χ0v) is 13.9. The Morgan fingerprint density at radius 3 is 2.62 bits per heavy atom. The van der Waals surface area contributed by atoms with E-state index >= 15 is 0 Å². The first kappa shape index (κ1) is 15.6. The van der Waals surface area contributed by atoms with E-state index < -0.39 is 0 Å². The van der Waals surface area contributed by atoms with E-state index in [1.165, 1.54) is 27.8 Å². The van der Waals surface area contributed by atoms with Gasteiger partial charge in [0.05, 0.1) is 6.61 Å².